The van der Waals surface area contributed by atoms with Crippen LogP contribution in [0.5, 0.6) is 0 Å². The summed E-state index contributed by atoms with van der Waals surface area (Å²) in [6, 6.07) is 0. The summed E-state index contributed by atoms with van der Waals surface area (Å²) < 4.78 is 0. The first-order chi connectivity index (χ1) is 5.16. The SMILES string of the molecule is C[C@H](O)CNC(=O)CCCO. The van der Waals surface area contributed by atoms with E-state index in [0.717, 1.165) is 0 Å². The molecule has 0 aromatic heterocycles. The molecule has 0 aromatic carbocycles. The lowest BCUT2D eigenvalue weighted by Gasteiger charge is -2.05. The van der Waals surface area contributed by atoms with Crippen LogP contribution in [-0.2, 0) is 4.79 Å². The van der Waals surface area contributed by atoms with Gasteiger partial charge >= 0.3 is 0 Å². The number of aliphatic hydroxyl groups excluding tert-OH is 2. The van der Waals surface area contributed by atoms with Crippen molar-refractivity contribution >= 4 is 5.91 Å². The third-order valence-electron chi connectivity index (χ3n) is 1.16. The first kappa shape index (κ1) is 10.4. The molecule has 1 amide bonds. The van der Waals surface area contributed by atoms with E-state index in [1.54, 1.807) is 6.92 Å². The summed E-state index contributed by atoms with van der Waals surface area (Å²) in [6.07, 6.45) is 0.294. The van der Waals surface area contributed by atoms with Crippen molar-refractivity contribution in [2.75, 3.05) is 13.2 Å². The fraction of sp³-hybridized carbons (Fsp3) is 0.857. The van der Waals surface area contributed by atoms with Gasteiger partial charge in [-0.1, -0.05) is 0 Å². The molecule has 0 aliphatic rings. The van der Waals surface area contributed by atoms with E-state index < -0.39 is 6.10 Å². The first-order valence-electron chi connectivity index (χ1n) is 3.72. The molecule has 0 fully saturated rings. The second kappa shape index (κ2) is 6.12. The van der Waals surface area contributed by atoms with Crippen molar-refractivity contribution in [2.24, 2.45) is 0 Å². The molecular weight excluding hydrogens is 146 g/mol. The molecule has 1 atom stereocenters. The summed E-state index contributed by atoms with van der Waals surface area (Å²) in [5.41, 5.74) is 0. The summed E-state index contributed by atoms with van der Waals surface area (Å²) in [6.45, 7) is 1.92. The average Bonchev–Trinajstić information content (AvgIpc) is 1.97. The molecular formula is C7H15NO3. The zero-order valence-corrected chi connectivity index (χ0v) is 6.71. The lowest BCUT2D eigenvalue weighted by Crippen LogP contribution is -2.30. The molecule has 0 radical (unpaired) electrons. The Morgan fingerprint density at radius 3 is 2.73 bits per heavy atom. The van der Waals surface area contributed by atoms with Crippen LogP contribution in [0.2, 0.25) is 0 Å². The van der Waals surface area contributed by atoms with E-state index in [1.165, 1.54) is 0 Å². The maximum absolute atomic E-state index is 10.8. The molecule has 0 saturated heterocycles. The minimum Gasteiger partial charge on any atom is -0.396 e. The minimum absolute atomic E-state index is 0.0299. The summed E-state index contributed by atoms with van der Waals surface area (Å²) in [5, 5.41) is 19.6. The van der Waals surface area contributed by atoms with Gasteiger partial charge < -0.3 is 15.5 Å². The molecule has 0 heterocycles. The van der Waals surface area contributed by atoms with Crippen LogP contribution < -0.4 is 5.32 Å². The van der Waals surface area contributed by atoms with Crippen LogP contribution in [-0.4, -0.2) is 35.4 Å². The molecule has 0 rings (SSSR count). The Labute approximate surface area is 66.2 Å². The monoisotopic (exact) mass is 161 g/mol. The Bertz CT molecular complexity index is 114. The van der Waals surface area contributed by atoms with Crippen molar-refractivity contribution in [3.8, 4) is 0 Å². The van der Waals surface area contributed by atoms with Crippen LogP contribution in [0.15, 0.2) is 0 Å². The van der Waals surface area contributed by atoms with Crippen molar-refractivity contribution in [1.82, 2.24) is 5.32 Å². The van der Waals surface area contributed by atoms with Crippen molar-refractivity contribution in [1.29, 1.82) is 0 Å². The molecule has 0 unspecified atom stereocenters. The van der Waals surface area contributed by atoms with Gasteiger partial charge in [0.2, 0.25) is 5.91 Å². The highest BCUT2D eigenvalue weighted by molar-refractivity contribution is 5.75. The van der Waals surface area contributed by atoms with Gasteiger partial charge in [-0.2, -0.15) is 0 Å². The zero-order valence-electron chi connectivity index (χ0n) is 6.71. The molecule has 4 heteroatoms. The number of rotatable bonds is 5. The number of hydrogen-bond donors (Lipinski definition) is 3. The summed E-state index contributed by atoms with van der Waals surface area (Å²) >= 11 is 0. The fourth-order valence-electron chi connectivity index (χ4n) is 0.590. The smallest absolute Gasteiger partial charge is 0.220 e. The van der Waals surface area contributed by atoms with Gasteiger partial charge in [0.05, 0.1) is 6.10 Å². The largest absolute Gasteiger partial charge is 0.396 e. The average molecular weight is 161 g/mol. The van der Waals surface area contributed by atoms with Crippen molar-refractivity contribution in [3.05, 3.63) is 0 Å². The molecule has 66 valence electrons. The molecule has 0 bridgehead atoms. The number of aliphatic hydroxyl groups is 2. The first-order valence-corrected chi connectivity index (χ1v) is 3.72. The highest BCUT2D eigenvalue weighted by Gasteiger charge is 2.00. The van der Waals surface area contributed by atoms with Gasteiger partial charge in [0.1, 0.15) is 0 Å². The highest BCUT2D eigenvalue weighted by Crippen LogP contribution is 1.86. The second-order valence-electron chi connectivity index (χ2n) is 2.48. The van der Waals surface area contributed by atoms with Gasteiger partial charge in [0, 0.05) is 19.6 Å². The van der Waals surface area contributed by atoms with Crippen molar-refractivity contribution in [3.63, 3.8) is 0 Å². The molecule has 0 aliphatic carbocycles. The van der Waals surface area contributed by atoms with Gasteiger partial charge in [-0.05, 0) is 13.3 Å². The quantitative estimate of drug-likeness (QED) is 0.497. The maximum atomic E-state index is 10.8. The number of carbonyl (C=O) groups is 1. The van der Waals surface area contributed by atoms with E-state index in [1.807, 2.05) is 0 Å². The predicted octanol–water partition coefficient (Wildman–Crippen LogP) is -0.744. The summed E-state index contributed by atoms with van der Waals surface area (Å²) in [5.74, 6) is -0.125. The van der Waals surface area contributed by atoms with Gasteiger partial charge in [-0.3, -0.25) is 4.79 Å². The lowest BCUT2D eigenvalue weighted by atomic mass is 10.3. The van der Waals surface area contributed by atoms with Crippen LogP contribution in [0.1, 0.15) is 19.8 Å². The Kier molecular flexibility index (Phi) is 5.78. The number of nitrogens with one attached hydrogen (secondary N) is 1. The summed E-state index contributed by atoms with van der Waals surface area (Å²) in [7, 11) is 0. The summed E-state index contributed by atoms with van der Waals surface area (Å²) in [4.78, 5) is 10.8. The van der Waals surface area contributed by atoms with Crippen LogP contribution >= 0.6 is 0 Å². The van der Waals surface area contributed by atoms with Crippen molar-refractivity contribution < 1.29 is 15.0 Å². The predicted molar refractivity (Wildman–Crippen MR) is 41.0 cm³/mol. The Morgan fingerprint density at radius 2 is 2.27 bits per heavy atom. The van der Waals surface area contributed by atoms with Gasteiger partial charge in [-0.15, -0.1) is 0 Å². The topological polar surface area (TPSA) is 69.6 Å². The van der Waals surface area contributed by atoms with E-state index in [0.29, 0.717) is 12.8 Å². The molecule has 0 aliphatic heterocycles. The van der Waals surface area contributed by atoms with Crippen molar-refractivity contribution in [2.45, 2.75) is 25.9 Å². The molecule has 4 nitrogen and oxygen atoms in total. The molecule has 0 aromatic rings. The number of carbonyl (C=O) groups excluding carboxylic acids is 1. The third-order valence-corrected chi connectivity index (χ3v) is 1.16. The fourth-order valence-corrected chi connectivity index (χ4v) is 0.590. The molecule has 3 N–H and O–H groups in total. The normalized spacial score (nSPS) is 12.6. The minimum atomic E-state index is -0.506. The number of hydrogen-bond acceptors (Lipinski definition) is 3. The maximum Gasteiger partial charge on any atom is 0.220 e. The standard InChI is InChI=1S/C7H15NO3/c1-6(10)5-8-7(11)3-2-4-9/h6,9-10H,2-5H2,1H3,(H,8,11)/t6-/m0/s1. The molecule has 11 heavy (non-hydrogen) atoms. The van der Waals surface area contributed by atoms with Gasteiger partial charge in [0.15, 0.2) is 0 Å². The van der Waals surface area contributed by atoms with E-state index >= 15 is 0 Å². The Balaban J connectivity index is 3.23. The van der Waals surface area contributed by atoms with Crippen LogP contribution in [0.4, 0.5) is 0 Å². The lowest BCUT2D eigenvalue weighted by molar-refractivity contribution is -0.121. The van der Waals surface area contributed by atoms with E-state index in [9.17, 15) is 4.79 Å². The van der Waals surface area contributed by atoms with E-state index in [-0.39, 0.29) is 19.1 Å². The van der Waals surface area contributed by atoms with Crippen LogP contribution in [0.25, 0.3) is 0 Å². The third kappa shape index (κ3) is 7.29. The second-order valence-corrected chi connectivity index (χ2v) is 2.48. The van der Waals surface area contributed by atoms with E-state index in [4.69, 9.17) is 10.2 Å². The molecule has 0 saturated carbocycles. The zero-order chi connectivity index (χ0) is 8.69. The van der Waals surface area contributed by atoms with Gasteiger partial charge in [-0.25, -0.2) is 0 Å². The number of amides is 1. The Morgan fingerprint density at radius 1 is 1.64 bits per heavy atom. The molecule has 0 spiro atoms. The van der Waals surface area contributed by atoms with Crippen LogP contribution in [0.3, 0.4) is 0 Å². The van der Waals surface area contributed by atoms with E-state index in [2.05, 4.69) is 5.32 Å². The highest BCUT2D eigenvalue weighted by atomic mass is 16.3. The van der Waals surface area contributed by atoms with Gasteiger partial charge in [0.25, 0.3) is 0 Å². The van der Waals surface area contributed by atoms with Crippen LogP contribution in [0, 0.1) is 0 Å². The Hall–Kier alpha value is -0.610.